The number of fused-ring (bicyclic) bond motifs is 1. The van der Waals surface area contributed by atoms with E-state index in [1.807, 2.05) is 18.3 Å². The maximum Gasteiger partial charge on any atom is 0.147 e. The summed E-state index contributed by atoms with van der Waals surface area (Å²) in [6.07, 6.45) is 5.89. The average Bonchev–Trinajstić information content (AvgIpc) is 2.67. The molecule has 1 N–H and O–H groups in total. The van der Waals surface area contributed by atoms with E-state index in [2.05, 4.69) is 17.1 Å². The second kappa shape index (κ2) is 4.92. The number of rotatable bonds is 5. The minimum absolute atomic E-state index is 0.287. The highest BCUT2D eigenvalue weighted by Gasteiger charge is 2.04. The van der Waals surface area contributed by atoms with Crippen LogP contribution in [0.15, 0.2) is 30.5 Å². The third kappa shape index (κ3) is 3.33. The summed E-state index contributed by atoms with van der Waals surface area (Å²) in [6, 6.07) is 8.18. The Kier molecular flexibility index (Phi) is 3.52. The molecule has 0 aliphatic heterocycles. The van der Waals surface area contributed by atoms with E-state index >= 15 is 0 Å². The zero-order valence-corrected chi connectivity index (χ0v) is 10.8. The van der Waals surface area contributed by atoms with Gasteiger partial charge >= 0.3 is 0 Å². The number of aromatic nitrogens is 1. The van der Waals surface area contributed by atoms with Gasteiger partial charge < -0.3 is 4.98 Å². The third-order valence-electron chi connectivity index (χ3n) is 2.89. The summed E-state index contributed by atoms with van der Waals surface area (Å²) in [5, 5.41) is 1.24. The lowest BCUT2D eigenvalue weighted by atomic mass is 10.1. The molecule has 0 saturated heterocycles. The van der Waals surface area contributed by atoms with Crippen LogP contribution in [0.4, 0.5) is 0 Å². The molecule has 92 valence electrons. The van der Waals surface area contributed by atoms with Gasteiger partial charge in [-0.25, -0.2) is 8.42 Å². The van der Waals surface area contributed by atoms with E-state index in [0.29, 0.717) is 0 Å². The highest BCUT2D eigenvalue weighted by Crippen LogP contribution is 2.19. The van der Waals surface area contributed by atoms with Gasteiger partial charge in [0.15, 0.2) is 0 Å². The molecule has 0 bridgehead atoms. The van der Waals surface area contributed by atoms with E-state index in [-0.39, 0.29) is 5.75 Å². The normalized spacial score (nSPS) is 12.1. The molecule has 0 aliphatic carbocycles. The predicted octanol–water partition coefficient (Wildman–Crippen LogP) is 2.54. The number of H-pyrrole nitrogens is 1. The first-order valence-corrected chi connectivity index (χ1v) is 7.85. The summed E-state index contributed by atoms with van der Waals surface area (Å²) in [6.45, 7) is 0. The monoisotopic (exact) mass is 251 g/mol. The summed E-state index contributed by atoms with van der Waals surface area (Å²) < 4.78 is 22.0. The molecule has 1 aromatic heterocycles. The Labute approximate surface area is 102 Å². The van der Waals surface area contributed by atoms with Crippen molar-refractivity contribution >= 4 is 20.7 Å². The summed E-state index contributed by atoms with van der Waals surface area (Å²) in [7, 11) is -2.82. The molecule has 2 rings (SSSR count). The molecule has 0 fully saturated rings. The van der Waals surface area contributed by atoms with Crippen LogP contribution in [0.25, 0.3) is 10.9 Å². The van der Waals surface area contributed by atoms with Crippen LogP contribution in [0.5, 0.6) is 0 Å². The van der Waals surface area contributed by atoms with Crippen LogP contribution >= 0.6 is 0 Å². The maximum atomic E-state index is 11.0. The van der Waals surface area contributed by atoms with Crippen molar-refractivity contribution in [1.29, 1.82) is 0 Å². The number of aromatic amines is 1. The van der Waals surface area contributed by atoms with Crippen LogP contribution in [0.3, 0.4) is 0 Å². The molecule has 0 atom stereocenters. The van der Waals surface area contributed by atoms with E-state index in [4.69, 9.17) is 0 Å². The zero-order chi connectivity index (χ0) is 12.3. The van der Waals surface area contributed by atoms with Crippen LogP contribution in [0, 0.1) is 0 Å². The van der Waals surface area contributed by atoms with Crippen molar-refractivity contribution < 1.29 is 8.42 Å². The molecule has 3 nitrogen and oxygen atoms in total. The fourth-order valence-corrected chi connectivity index (χ4v) is 2.75. The summed E-state index contributed by atoms with van der Waals surface area (Å²) in [5.41, 5.74) is 2.42. The first-order valence-electron chi connectivity index (χ1n) is 5.79. The van der Waals surface area contributed by atoms with Crippen molar-refractivity contribution in [3.63, 3.8) is 0 Å². The number of unbranched alkanes of at least 4 members (excludes halogenated alkanes) is 1. The van der Waals surface area contributed by atoms with Gasteiger partial charge in [0.1, 0.15) is 9.84 Å². The third-order valence-corrected chi connectivity index (χ3v) is 3.92. The molecule has 17 heavy (non-hydrogen) atoms. The first kappa shape index (κ1) is 12.2. The van der Waals surface area contributed by atoms with Crippen molar-refractivity contribution in [3.8, 4) is 0 Å². The average molecular weight is 251 g/mol. The zero-order valence-electron chi connectivity index (χ0n) is 9.94. The number of benzene rings is 1. The van der Waals surface area contributed by atoms with Crippen LogP contribution < -0.4 is 0 Å². The van der Waals surface area contributed by atoms with Gasteiger partial charge in [-0.2, -0.15) is 0 Å². The highest BCUT2D eigenvalue weighted by atomic mass is 32.2. The smallest absolute Gasteiger partial charge is 0.147 e. The summed E-state index contributed by atoms with van der Waals surface area (Å²) in [4.78, 5) is 3.23. The quantitative estimate of drug-likeness (QED) is 0.830. The molecule has 4 heteroatoms. The molecule has 0 unspecified atom stereocenters. The molecular formula is C13H17NO2S. The highest BCUT2D eigenvalue weighted by molar-refractivity contribution is 7.90. The molecule has 0 saturated carbocycles. The lowest BCUT2D eigenvalue weighted by Gasteiger charge is -1.99. The molecule has 0 spiro atoms. The minimum Gasteiger partial charge on any atom is -0.361 e. The van der Waals surface area contributed by atoms with E-state index in [0.717, 1.165) is 24.8 Å². The first-order chi connectivity index (χ1) is 8.06. The Morgan fingerprint density at radius 1 is 1.18 bits per heavy atom. The molecule has 0 radical (unpaired) electrons. The number of para-hydroxylation sites is 1. The Morgan fingerprint density at radius 3 is 2.71 bits per heavy atom. The van der Waals surface area contributed by atoms with Gasteiger partial charge in [-0.1, -0.05) is 18.2 Å². The van der Waals surface area contributed by atoms with Crippen molar-refractivity contribution in [2.45, 2.75) is 19.3 Å². The van der Waals surface area contributed by atoms with Crippen LogP contribution in [0.2, 0.25) is 0 Å². The topological polar surface area (TPSA) is 49.9 Å². The number of sulfone groups is 1. The fraction of sp³-hybridized carbons (Fsp3) is 0.385. The van der Waals surface area contributed by atoms with Crippen molar-refractivity contribution in [2.75, 3.05) is 12.0 Å². The van der Waals surface area contributed by atoms with Crippen molar-refractivity contribution in [3.05, 3.63) is 36.0 Å². The Balaban J connectivity index is 1.96. The van der Waals surface area contributed by atoms with Gasteiger partial charge in [-0.05, 0) is 30.9 Å². The van der Waals surface area contributed by atoms with Gasteiger partial charge in [0.25, 0.3) is 0 Å². The maximum absolute atomic E-state index is 11.0. The molecule has 0 amide bonds. The molecule has 1 heterocycles. The molecular weight excluding hydrogens is 234 g/mol. The van der Waals surface area contributed by atoms with Gasteiger partial charge in [-0.3, -0.25) is 0 Å². The Morgan fingerprint density at radius 2 is 1.94 bits per heavy atom. The Hall–Kier alpha value is -1.29. The molecule has 1 aromatic carbocycles. The lowest BCUT2D eigenvalue weighted by Crippen LogP contribution is -2.02. The Bertz CT molecular complexity index is 599. The molecule has 2 aromatic rings. The number of nitrogens with one attached hydrogen (secondary N) is 1. The molecule has 0 aliphatic rings. The summed E-state index contributed by atoms with van der Waals surface area (Å²) >= 11 is 0. The van der Waals surface area contributed by atoms with E-state index in [9.17, 15) is 8.42 Å². The largest absolute Gasteiger partial charge is 0.361 e. The van der Waals surface area contributed by atoms with E-state index in [1.165, 1.54) is 17.2 Å². The van der Waals surface area contributed by atoms with Crippen LogP contribution in [-0.2, 0) is 16.3 Å². The second-order valence-corrected chi connectivity index (χ2v) is 6.71. The fourth-order valence-electron chi connectivity index (χ4n) is 2.02. The van der Waals surface area contributed by atoms with Gasteiger partial charge in [0.2, 0.25) is 0 Å². The van der Waals surface area contributed by atoms with Crippen LogP contribution in [0.1, 0.15) is 18.4 Å². The predicted molar refractivity (Wildman–Crippen MR) is 70.9 cm³/mol. The summed E-state index contributed by atoms with van der Waals surface area (Å²) in [5.74, 6) is 0.287. The standard InChI is InChI=1S/C13H17NO2S/c1-17(15,16)9-5-4-6-11-10-14-13-8-3-2-7-12(11)13/h2-3,7-8,10,14H,4-6,9H2,1H3. The second-order valence-electron chi connectivity index (χ2n) is 4.45. The minimum atomic E-state index is -2.82. The van der Waals surface area contributed by atoms with Crippen molar-refractivity contribution in [2.24, 2.45) is 0 Å². The van der Waals surface area contributed by atoms with Gasteiger partial charge in [-0.15, -0.1) is 0 Å². The van der Waals surface area contributed by atoms with Crippen molar-refractivity contribution in [1.82, 2.24) is 4.98 Å². The number of hydrogen-bond donors (Lipinski definition) is 1. The van der Waals surface area contributed by atoms with Gasteiger partial charge in [0, 0.05) is 29.1 Å². The van der Waals surface area contributed by atoms with E-state index in [1.54, 1.807) is 0 Å². The van der Waals surface area contributed by atoms with Gasteiger partial charge in [0.05, 0.1) is 0 Å². The number of hydrogen-bond acceptors (Lipinski definition) is 2. The lowest BCUT2D eigenvalue weighted by molar-refractivity contribution is 0.597. The SMILES string of the molecule is CS(=O)(=O)CCCCc1c[nH]c2ccccc12. The van der Waals surface area contributed by atoms with Crippen LogP contribution in [-0.4, -0.2) is 25.4 Å². The number of aryl methyl sites for hydroxylation is 1. The van der Waals surface area contributed by atoms with E-state index < -0.39 is 9.84 Å².